The number of nitrogens with zero attached hydrogens (tertiary/aromatic N) is 4. The number of aliphatic imine (C=N–C) groups is 1. The van der Waals surface area contributed by atoms with E-state index >= 15 is 0 Å². The molecule has 1 aromatic heterocycles. The number of nitrogens with one attached hydrogen (secondary N) is 1. The van der Waals surface area contributed by atoms with Gasteiger partial charge in [-0.15, -0.1) is 0 Å². The van der Waals surface area contributed by atoms with Crippen LogP contribution in [0.15, 0.2) is 29.0 Å². The first kappa shape index (κ1) is 11.2. The Balaban J connectivity index is 1.71. The summed E-state index contributed by atoms with van der Waals surface area (Å²) in [7, 11) is 0. The summed E-state index contributed by atoms with van der Waals surface area (Å²) < 4.78 is 0. The summed E-state index contributed by atoms with van der Waals surface area (Å²) >= 11 is 0. The number of H-pyrrole nitrogens is 1. The SMILES string of the molecule is CC1CCN1C1N=C2CCCC2=CN1c1ccn[nH]1. The van der Waals surface area contributed by atoms with Crippen LogP contribution in [-0.4, -0.2) is 39.7 Å². The predicted octanol–water partition coefficient (Wildman–Crippen LogP) is 2.12. The highest BCUT2D eigenvalue weighted by molar-refractivity contribution is 6.03. The maximum atomic E-state index is 5.01. The van der Waals surface area contributed by atoms with Crippen LogP contribution in [-0.2, 0) is 0 Å². The minimum atomic E-state index is 0.112. The molecule has 1 saturated heterocycles. The van der Waals surface area contributed by atoms with E-state index in [-0.39, 0.29) is 6.29 Å². The molecule has 0 bridgehead atoms. The largest absolute Gasteiger partial charge is 0.297 e. The Labute approximate surface area is 113 Å². The van der Waals surface area contributed by atoms with E-state index in [4.69, 9.17) is 4.99 Å². The Morgan fingerprint density at radius 1 is 1.37 bits per heavy atom. The molecule has 19 heavy (non-hydrogen) atoms. The molecular weight excluding hydrogens is 238 g/mol. The molecule has 4 rings (SSSR count). The number of fused-ring (bicyclic) bond motifs is 1. The van der Waals surface area contributed by atoms with Crippen molar-refractivity contribution in [3.63, 3.8) is 0 Å². The van der Waals surface area contributed by atoms with Gasteiger partial charge in [0.2, 0.25) is 0 Å². The second-order valence-electron chi connectivity index (χ2n) is 5.65. The molecule has 2 fully saturated rings. The van der Waals surface area contributed by atoms with Gasteiger partial charge in [-0.1, -0.05) is 0 Å². The molecule has 0 spiro atoms. The van der Waals surface area contributed by atoms with Crippen LogP contribution in [0.4, 0.5) is 5.82 Å². The molecule has 3 aliphatic rings. The highest BCUT2D eigenvalue weighted by atomic mass is 15.5. The van der Waals surface area contributed by atoms with Gasteiger partial charge < -0.3 is 0 Å². The van der Waals surface area contributed by atoms with Gasteiger partial charge >= 0.3 is 0 Å². The van der Waals surface area contributed by atoms with Gasteiger partial charge in [0, 0.05) is 30.6 Å². The number of likely N-dealkylation sites (tertiary alicyclic amines) is 1. The van der Waals surface area contributed by atoms with Gasteiger partial charge in [0.25, 0.3) is 0 Å². The van der Waals surface area contributed by atoms with Gasteiger partial charge in [-0.05, 0) is 38.2 Å². The molecule has 5 nitrogen and oxygen atoms in total. The van der Waals surface area contributed by atoms with Crippen molar-refractivity contribution < 1.29 is 0 Å². The number of allylic oxidation sites excluding steroid dienone is 1. The van der Waals surface area contributed by atoms with Crippen molar-refractivity contribution in [2.24, 2.45) is 4.99 Å². The Morgan fingerprint density at radius 3 is 3.00 bits per heavy atom. The van der Waals surface area contributed by atoms with Gasteiger partial charge in [0.05, 0.1) is 6.20 Å². The number of hydrogen-bond donors (Lipinski definition) is 1. The Kier molecular flexibility index (Phi) is 2.48. The van der Waals surface area contributed by atoms with Crippen molar-refractivity contribution in [2.45, 2.75) is 44.9 Å². The van der Waals surface area contributed by atoms with Crippen molar-refractivity contribution in [2.75, 3.05) is 11.4 Å². The average molecular weight is 257 g/mol. The second kappa shape index (κ2) is 4.20. The highest BCUT2D eigenvalue weighted by Crippen LogP contribution is 2.33. The first-order valence-corrected chi connectivity index (χ1v) is 7.14. The monoisotopic (exact) mass is 257 g/mol. The number of aromatic nitrogens is 2. The number of anilines is 1. The zero-order valence-electron chi connectivity index (χ0n) is 11.2. The van der Waals surface area contributed by atoms with Crippen molar-refractivity contribution >= 4 is 11.5 Å². The van der Waals surface area contributed by atoms with E-state index in [9.17, 15) is 0 Å². The standard InChI is InChI=1S/C14H19N5/c1-10-6-8-18(10)14-16-12-4-2-3-11(12)9-19(14)13-5-7-15-17-13/h5,7,9-10,14H,2-4,6,8H2,1H3,(H,15,17). The first-order chi connectivity index (χ1) is 9.33. The maximum absolute atomic E-state index is 5.01. The van der Waals surface area contributed by atoms with Crippen LogP contribution in [0.5, 0.6) is 0 Å². The van der Waals surface area contributed by atoms with Gasteiger partial charge in [-0.3, -0.25) is 14.9 Å². The lowest BCUT2D eigenvalue weighted by Crippen LogP contribution is -2.57. The number of hydrogen-bond acceptors (Lipinski definition) is 4. The van der Waals surface area contributed by atoms with E-state index < -0.39 is 0 Å². The predicted molar refractivity (Wildman–Crippen MR) is 75.0 cm³/mol. The van der Waals surface area contributed by atoms with Crippen molar-refractivity contribution in [1.29, 1.82) is 0 Å². The van der Waals surface area contributed by atoms with E-state index in [0.29, 0.717) is 6.04 Å². The first-order valence-electron chi connectivity index (χ1n) is 7.14. The summed E-state index contributed by atoms with van der Waals surface area (Å²) in [5, 5.41) is 7.15. The molecular formula is C14H19N5. The molecule has 0 aromatic carbocycles. The summed E-state index contributed by atoms with van der Waals surface area (Å²) in [5.74, 6) is 1.03. The summed E-state index contributed by atoms with van der Waals surface area (Å²) in [6.45, 7) is 3.42. The van der Waals surface area contributed by atoms with Crippen LogP contribution in [0, 0.1) is 0 Å². The minimum Gasteiger partial charge on any atom is -0.297 e. The Bertz CT molecular complexity index is 530. The lowest BCUT2D eigenvalue weighted by Gasteiger charge is -2.47. The van der Waals surface area contributed by atoms with Gasteiger partial charge in [0.15, 0.2) is 6.29 Å². The lowest BCUT2D eigenvalue weighted by molar-refractivity contribution is 0.0578. The summed E-state index contributed by atoms with van der Waals surface area (Å²) in [5.41, 5.74) is 2.72. The zero-order valence-corrected chi connectivity index (χ0v) is 11.2. The third kappa shape index (κ3) is 1.72. The summed E-state index contributed by atoms with van der Waals surface area (Å²) in [4.78, 5) is 9.71. The summed E-state index contributed by atoms with van der Waals surface area (Å²) in [6, 6.07) is 2.64. The van der Waals surface area contributed by atoms with E-state index in [2.05, 4.69) is 33.1 Å². The minimum absolute atomic E-state index is 0.112. The lowest BCUT2D eigenvalue weighted by atomic mass is 10.1. The quantitative estimate of drug-likeness (QED) is 0.882. The fourth-order valence-corrected chi connectivity index (χ4v) is 3.17. The zero-order chi connectivity index (χ0) is 12.8. The second-order valence-corrected chi connectivity index (χ2v) is 5.65. The number of rotatable bonds is 2. The van der Waals surface area contributed by atoms with Crippen LogP contribution in [0.3, 0.4) is 0 Å². The molecule has 100 valence electrons. The molecule has 1 aromatic rings. The number of aromatic amines is 1. The molecule has 1 saturated carbocycles. The van der Waals surface area contributed by atoms with Crippen LogP contribution in [0.25, 0.3) is 0 Å². The molecule has 2 atom stereocenters. The molecule has 0 radical (unpaired) electrons. The van der Waals surface area contributed by atoms with Crippen LogP contribution in [0.2, 0.25) is 0 Å². The molecule has 2 unspecified atom stereocenters. The fourth-order valence-electron chi connectivity index (χ4n) is 3.17. The fraction of sp³-hybridized carbons (Fsp3) is 0.571. The molecule has 3 heterocycles. The van der Waals surface area contributed by atoms with E-state index in [0.717, 1.165) is 25.2 Å². The smallest absolute Gasteiger partial charge is 0.184 e. The van der Waals surface area contributed by atoms with E-state index in [1.165, 1.54) is 24.1 Å². The Morgan fingerprint density at radius 2 is 2.32 bits per heavy atom. The van der Waals surface area contributed by atoms with Gasteiger partial charge in [-0.25, -0.2) is 4.99 Å². The van der Waals surface area contributed by atoms with Crippen LogP contribution < -0.4 is 4.90 Å². The topological polar surface area (TPSA) is 47.5 Å². The third-order valence-corrected chi connectivity index (χ3v) is 4.48. The molecule has 1 N–H and O–H groups in total. The highest BCUT2D eigenvalue weighted by Gasteiger charge is 2.37. The summed E-state index contributed by atoms with van der Waals surface area (Å²) in [6.07, 6.45) is 9.00. The van der Waals surface area contributed by atoms with E-state index in [1.807, 2.05) is 6.07 Å². The molecule has 2 aliphatic heterocycles. The van der Waals surface area contributed by atoms with Crippen molar-refractivity contribution in [3.8, 4) is 0 Å². The van der Waals surface area contributed by atoms with Crippen LogP contribution >= 0.6 is 0 Å². The van der Waals surface area contributed by atoms with Crippen LogP contribution in [0.1, 0.15) is 32.6 Å². The average Bonchev–Trinajstić information content (AvgIpc) is 3.06. The molecule has 0 amide bonds. The third-order valence-electron chi connectivity index (χ3n) is 4.48. The Hall–Kier alpha value is -1.62. The van der Waals surface area contributed by atoms with E-state index in [1.54, 1.807) is 6.20 Å². The maximum Gasteiger partial charge on any atom is 0.184 e. The van der Waals surface area contributed by atoms with Crippen molar-refractivity contribution in [3.05, 3.63) is 24.0 Å². The molecule has 5 heteroatoms. The van der Waals surface area contributed by atoms with Gasteiger partial charge in [-0.2, -0.15) is 5.10 Å². The van der Waals surface area contributed by atoms with Gasteiger partial charge in [0.1, 0.15) is 5.82 Å². The van der Waals surface area contributed by atoms with Crippen molar-refractivity contribution in [1.82, 2.24) is 15.1 Å². The normalized spacial score (nSPS) is 30.7. The molecule has 1 aliphatic carbocycles.